The Balaban J connectivity index is 1.32. The predicted molar refractivity (Wildman–Crippen MR) is 206 cm³/mol. The fourth-order valence-electron chi connectivity index (χ4n) is 7.32. The number of hydrogen-bond acceptors (Lipinski definition) is 0. The van der Waals surface area contributed by atoms with Gasteiger partial charge in [-0.2, -0.15) is 0 Å². The average molecular weight is 609 g/mol. The van der Waals surface area contributed by atoms with Crippen molar-refractivity contribution in [1.29, 1.82) is 0 Å². The summed E-state index contributed by atoms with van der Waals surface area (Å²) in [6.07, 6.45) is 0. The predicted octanol–water partition coefficient (Wildman–Crippen LogP) is 13.5. The standard InChI is InChI=1S/C48H32/c1-3-13-33(14-4-1)37-19-11-22-42(30-37)48-44-24-10-9-23-43(44)47(45-28-27-40(32-46(45)48)34-15-5-2-6-16-34)41-21-12-20-38(31-41)39-26-25-35-17-7-8-18-36(35)29-39/h1-32H. The molecule has 0 radical (unpaired) electrons. The second-order valence-corrected chi connectivity index (χ2v) is 12.5. The summed E-state index contributed by atoms with van der Waals surface area (Å²) >= 11 is 0. The smallest absolute Gasteiger partial charge is 0.00259 e. The maximum absolute atomic E-state index is 2.40. The van der Waals surface area contributed by atoms with Crippen molar-refractivity contribution in [3.05, 3.63) is 194 Å². The zero-order chi connectivity index (χ0) is 31.9. The van der Waals surface area contributed by atoms with Crippen LogP contribution in [0.15, 0.2) is 194 Å². The lowest BCUT2D eigenvalue weighted by molar-refractivity contribution is 1.60. The van der Waals surface area contributed by atoms with Crippen LogP contribution in [0, 0.1) is 0 Å². The lowest BCUT2D eigenvalue weighted by atomic mass is 9.84. The molecule has 0 aliphatic carbocycles. The van der Waals surface area contributed by atoms with Crippen LogP contribution in [-0.2, 0) is 0 Å². The minimum absolute atomic E-state index is 1.22. The van der Waals surface area contributed by atoms with E-state index in [9.17, 15) is 0 Å². The maximum atomic E-state index is 2.40. The van der Waals surface area contributed by atoms with Crippen LogP contribution in [0.2, 0.25) is 0 Å². The molecule has 9 rings (SSSR count). The van der Waals surface area contributed by atoms with Crippen LogP contribution >= 0.6 is 0 Å². The number of fused-ring (bicyclic) bond motifs is 3. The quantitative estimate of drug-likeness (QED) is 0.171. The molecule has 0 heteroatoms. The van der Waals surface area contributed by atoms with Gasteiger partial charge in [-0.3, -0.25) is 0 Å². The number of benzene rings is 9. The van der Waals surface area contributed by atoms with E-state index in [0.29, 0.717) is 0 Å². The highest BCUT2D eigenvalue weighted by molar-refractivity contribution is 6.22. The van der Waals surface area contributed by atoms with Crippen molar-refractivity contribution >= 4 is 32.3 Å². The van der Waals surface area contributed by atoms with E-state index in [2.05, 4.69) is 194 Å². The van der Waals surface area contributed by atoms with Crippen LogP contribution in [0.4, 0.5) is 0 Å². The van der Waals surface area contributed by atoms with E-state index in [1.807, 2.05) is 0 Å². The molecule has 0 amide bonds. The fraction of sp³-hybridized carbons (Fsp3) is 0. The second-order valence-electron chi connectivity index (χ2n) is 12.5. The van der Waals surface area contributed by atoms with E-state index in [1.54, 1.807) is 0 Å². The van der Waals surface area contributed by atoms with Gasteiger partial charge in [-0.15, -0.1) is 0 Å². The van der Waals surface area contributed by atoms with Crippen molar-refractivity contribution < 1.29 is 0 Å². The van der Waals surface area contributed by atoms with Gasteiger partial charge in [0.2, 0.25) is 0 Å². The Labute approximate surface area is 281 Å². The van der Waals surface area contributed by atoms with E-state index in [4.69, 9.17) is 0 Å². The molecule has 0 N–H and O–H groups in total. The van der Waals surface area contributed by atoms with Gasteiger partial charge in [-0.05, 0) is 112 Å². The van der Waals surface area contributed by atoms with Crippen molar-refractivity contribution in [3.63, 3.8) is 0 Å². The molecule has 0 heterocycles. The zero-order valence-corrected chi connectivity index (χ0v) is 26.5. The summed E-state index contributed by atoms with van der Waals surface area (Å²) < 4.78 is 0. The summed E-state index contributed by atoms with van der Waals surface area (Å²) in [6, 6.07) is 70.8. The molecule has 0 saturated carbocycles. The summed E-state index contributed by atoms with van der Waals surface area (Å²) in [7, 11) is 0. The molecule has 0 aliphatic rings. The summed E-state index contributed by atoms with van der Waals surface area (Å²) in [5.74, 6) is 0. The molecule has 0 aliphatic heterocycles. The number of rotatable bonds is 5. The SMILES string of the molecule is c1ccc(-c2cccc(-c3c4ccccc4c(-c4cccc(-c5ccc6ccccc6c5)c4)c4ccc(-c5ccccc5)cc34)c2)cc1. The maximum Gasteiger partial charge on any atom is -0.00259 e. The zero-order valence-electron chi connectivity index (χ0n) is 26.5. The van der Waals surface area contributed by atoms with Gasteiger partial charge in [-0.1, -0.05) is 170 Å². The topological polar surface area (TPSA) is 0 Å². The molecule has 9 aromatic carbocycles. The summed E-state index contributed by atoms with van der Waals surface area (Å²) in [5, 5.41) is 7.54. The summed E-state index contributed by atoms with van der Waals surface area (Å²) in [4.78, 5) is 0. The monoisotopic (exact) mass is 608 g/mol. The van der Waals surface area contributed by atoms with Gasteiger partial charge in [0.15, 0.2) is 0 Å². The summed E-state index contributed by atoms with van der Waals surface area (Å²) in [6.45, 7) is 0. The van der Waals surface area contributed by atoms with Crippen LogP contribution in [0.5, 0.6) is 0 Å². The van der Waals surface area contributed by atoms with E-state index in [-0.39, 0.29) is 0 Å². The molecule has 0 aromatic heterocycles. The Hall–Kier alpha value is -6.24. The minimum atomic E-state index is 1.22. The van der Waals surface area contributed by atoms with Crippen molar-refractivity contribution in [1.82, 2.24) is 0 Å². The van der Waals surface area contributed by atoms with Crippen molar-refractivity contribution in [2.45, 2.75) is 0 Å². The molecule has 0 bridgehead atoms. The van der Waals surface area contributed by atoms with E-state index < -0.39 is 0 Å². The van der Waals surface area contributed by atoms with Gasteiger partial charge < -0.3 is 0 Å². The van der Waals surface area contributed by atoms with Crippen LogP contribution in [0.1, 0.15) is 0 Å². The fourth-order valence-corrected chi connectivity index (χ4v) is 7.32. The van der Waals surface area contributed by atoms with Gasteiger partial charge in [0, 0.05) is 0 Å². The molecule has 48 heavy (non-hydrogen) atoms. The Morgan fingerprint density at radius 2 is 0.604 bits per heavy atom. The van der Waals surface area contributed by atoms with Gasteiger partial charge in [0.1, 0.15) is 0 Å². The second kappa shape index (κ2) is 11.8. The van der Waals surface area contributed by atoms with Crippen LogP contribution in [0.3, 0.4) is 0 Å². The van der Waals surface area contributed by atoms with Crippen molar-refractivity contribution in [3.8, 4) is 55.6 Å². The highest BCUT2D eigenvalue weighted by Gasteiger charge is 2.18. The van der Waals surface area contributed by atoms with Gasteiger partial charge >= 0.3 is 0 Å². The molecule has 0 saturated heterocycles. The Bertz CT molecular complexity index is 2590. The molecule has 224 valence electrons. The molecule has 0 nitrogen and oxygen atoms in total. The third-order valence-corrected chi connectivity index (χ3v) is 9.62. The van der Waals surface area contributed by atoms with Crippen molar-refractivity contribution in [2.75, 3.05) is 0 Å². The third kappa shape index (κ3) is 4.96. The first-order valence-electron chi connectivity index (χ1n) is 16.6. The first kappa shape index (κ1) is 28.0. The highest BCUT2D eigenvalue weighted by atomic mass is 14.2. The molecule has 0 fully saturated rings. The first-order valence-corrected chi connectivity index (χ1v) is 16.6. The first-order chi connectivity index (χ1) is 23.8. The van der Waals surface area contributed by atoms with Crippen LogP contribution in [-0.4, -0.2) is 0 Å². The Kier molecular flexibility index (Phi) is 6.91. The lowest BCUT2D eigenvalue weighted by Gasteiger charge is -2.19. The largest absolute Gasteiger partial charge is 0.0622 e. The average Bonchev–Trinajstić information content (AvgIpc) is 3.17. The Morgan fingerprint density at radius 1 is 0.188 bits per heavy atom. The van der Waals surface area contributed by atoms with E-state index >= 15 is 0 Å². The summed E-state index contributed by atoms with van der Waals surface area (Å²) in [5.41, 5.74) is 12.3. The van der Waals surface area contributed by atoms with E-state index in [0.717, 1.165) is 0 Å². The molecule has 0 atom stereocenters. The minimum Gasteiger partial charge on any atom is -0.0622 e. The molecular weight excluding hydrogens is 577 g/mol. The Morgan fingerprint density at radius 3 is 1.25 bits per heavy atom. The van der Waals surface area contributed by atoms with Gasteiger partial charge in [-0.25, -0.2) is 0 Å². The molecule has 0 spiro atoms. The molecule has 0 unspecified atom stereocenters. The molecular formula is C48H32. The van der Waals surface area contributed by atoms with Crippen molar-refractivity contribution in [2.24, 2.45) is 0 Å². The van der Waals surface area contributed by atoms with Gasteiger partial charge in [0.05, 0.1) is 0 Å². The normalized spacial score (nSPS) is 11.3. The number of hydrogen-bond donors (Lipinski definition) is 0. The third-order valence-electron chi connectivity index (χ3n) is 9.62. The lowest BCUT2D eigenvalue weighted by Crippen LogP contribution is -1.92. The van der Waals surface area contributed by atoms with Crippen LogP contribution in [0.25, 0.3) is 88.0 Å². The molecule has 9 aromatic rings. The van der Waals surface area contributed by atoms with E-state index in [1.165, 1.54) is 88.0 Å². The van der Waals surface area contributed by atoms with Crippen LogP contribution < -0.4 is 0 Å². The highest BCUT2D eigenvalue weighted by Crippen LogP contribution is 2.46. The van der Waals surface area contributed by atoms with Gasteiger partial charge in [0.25, 0.3) is 0 Å².